The Hall–Kier alpha value is -0.480. The number of hydrogen-bond acceptors (Lipinski definition) is 3. The van der Waals surface area contributed by atoms with E-state index in [1.807, 2.05) is 6.07 Å². The molecule has 2 aromatic heterocycles. The summed E-state index contributed by atoms with van der Waals surface area (Å²) in [7, 11) is 0. The van der Waals surface area contributed by atoms with E-state index in [1.54, 1.807) is 24.4 Å². The SMILES string of the molecule is Clc1ccc(SCc2nc(Cl)ccc2Cl)nc1. The average molecular weight is 306 g/mol. The van der Waals surface area contributed by atoms with E-state index in [-0.39, 0.29) is 0 Å². The molecule has 0 saturated carbocycles. The monoisotopic (exact) mass is 304 g/mol. The van der Waals surface area contributed by atoms with Gasteiger partial charge in [0.2, 0.25) is 0 Å². The normalized spacial score (nSPS) is 10.5. The first-order valence-corrected chi connectivity index (χ1v) is 6.82. The van der Waals surface area contributed by atoms with Crippen LogP contribution in [0.2, 0.25) is 15.2 Å². The molecule has 0 unspecified atom stereocenters. The highest BCUT2D eigenvalue weighted by Gasteiger charge is 2.05. The Labute approximate surface area is 118 Å². The van der Waals surface area contributed by atoms with Gasteiger partial charge in [0, 0.05) is 11.9 Å². The minimum Gasteiger partial charge on any atom is -0.248 e. The summed E-state index contributed by atoms with van der Waals surface area (Å²) in [4.78, 5) is 8.34. The van der Waals surface area contributed by atoms with E-state index in [2.05, 4.69) is 9.97 Å². The molecule has 0 saturated heterocycles. The highest BCUT2D eigenvalue weighted by atomic mass is 35.5. The molecule has 2 heterocycles. The summed E-state index contributed by atoms with van der Waals surface area (Å²) in [6.45, 7) is 0. The van der Waals surface area contributed by atoms with Crippen LogP contribution in [0.25, 0.3) is 0 Å². The third-order valence-corrected chi connectivity index (χ3v) is 3.67. The summed E-state index contributed by atoms with van der Waals surface area (Å²) in [5.74, 6) is 0.619. The van der Waals surface area contributed by atoms with E-state index in [9.17, 15) is 0 Å². The van der Waals surface area contributed by atoms with Gasteiger partial charge in [-0.2, -0.15) is 0 Å². The van der Waals surface area contributed by atoms with Gasteiger partial charge in [-0.3, -0.25) is 0 Å². The number of nitrogens with zero attached hydrogens (tertiary/aromatic N) is 2. The Kier molecular flexibility index (Phi) is 4.51. The Morgan fingerprint density at radius 1 is 1.06 bits per heavy atom. The standard InChI is InChI=1S/C11H7Cl3N2S/c12-7-1-4-11(15-5-7)17-6-9-8(13)2-3-10(14)16-9/h1-5H,6H2. The van der Waals surface area contributed by atoms with Gasteiger partial charge in [-0.25, -0.2) is 9.97 Å². The largest absolute Gasteiger partial charge is 0.248 e. The van der Waals surface area contributed by atoms with Gasteiger partial charge in [-0.15, -0.1) is 0 Å². The van der Waals surface area contributed by atoms with Crippen molar-refractivity contribution in [1.29, 1.82) is 0 Å². The number of halogens is 3. The third kappa shape index (κ3) is 3.75. The predicted octanol–water partition coefficient (Wildman–Crippen LogP) is 4.73. The molecule has 0 N–H and O–H groups in total. The van der Waals surface area contributed by atoms with Gasteiger partial charge in [0.1, 0.15) is 5.15 Å². The van der Waals surface area contributed by atoms with E-state index in [1.165, 1.54) is 11.8 Å². The smallest absolute Gasteiger partial charge is 0.129 e. The zero-order valence-electron chi connectivity index (χ0n) is 8.53. The lowest BCUT2D eigenvalue weighted by Gasteiger charge is -2.03. The highest BCUT2D eigenvalue weighted by molar-refractivity contribution is 7.98. The average Bonchev–Trinajstić information content (AvgIpc) is 2.32. The number of thioether (sulfide) groups is 1. The quantitative estimate of drug-likeness (QED) is 0.605. The second kappa shape index (κ2) is 5.91. The molecule has 0 amide bonds. The second-order valence-corrected chi connectivity index (χ2v) is 5.39. The van der Waals surface area contributed by atoms with Gasteiger partial charge in [-0.1, -0.05) is 46.6 Å². The van der Waals surface area contributed by atoms with E-state index < -0.39 is 0 Å². The molecular formula is C11H7Cl3N2S. The Balaban J connectivity index is 2.07. The van der Waals surface area contributed by atoms with Crippen molar-refractivity contribution in [3.63, 3.8) is 0 Å². The van der Waals surface area contributed by atoms with Gasteiger partial charge in [-0.05, 0) is 24.3 Å². The van der Waals surface area contributed by atoms with Crippen LogP contribution in [-0.4, -0.2) is 9.97 Å². The zero-order valence-corrected chi connectivity index (χ0v) is 11.6. The van der Waals surface area contributed by atoms with Crippen LogP contribution in [0.3, 0.4) is 0 Å². The topological polar surface area (TPSA) is 25.8 Å². The molecular weight excluding hydrogens is 299 g/mol. The van der Waals surface area contributed by atoms with Crippen LogP contribution >= 0.6 is 46.6 Å². The van der Waals surface area contributed by atoms with E-state index in [0.29, 0.717) is 21.0 Å². The van der Waals surface area contributed by atoms with Crippen LogP contribution in [0.15, 0.2) is 35.5 Å². The maximum Gasteiger partial charge on any atom is 0.129 e. The van der Waals surface area contributed by atoms with Crippen molar-refractivity contribution in [2.24, 2.45) is 0 Å². The van der Waals surface area contributed by atoms with Gasteiger partial charge in [0.05, 0.1) is 20.8 Å². The molecule has 2 rings (SSSR count). The molecule has 2 nitrogen and oxygen atoms in total. The fourth-order valence-corrected chi connectivity index (χ4v) is 2.47. The summed E-state index contributed by atoms with van der Waals surface area (Å²) in [5, 5.41) is 2.53. The lowest BCUT2D eigenvalue weighted by Crippen LogP contribution is -1.89. The first-order valence-electron chi connectivity index (χ1n) is 4.70. The van der Waals surface area contributed by atoms with Crippen LogP contribution in [0.5, 0.6) is 0 Å². The minimum atomic E-state index is 0.439. The maximum absolute atomic E-state index is 6.01. The van der Waals surface area contributed by atoms with Crippen molar-refractivity contribution in [3.05, 3.63) is 51.4 Å². The lowest BCUT2D eigenvalue weighted by molar-refractivity contribution is 1.12. The number of rotatable bonds is 3. The number of aromatic nitrogens is 2. The fourth-order valence-electron chi connectivity index (χ4n) is 1.15. The highest BCUT2D eigenvalue weighted by Crippen LogP contribution is 2.25. The van der Waals surface area contributed by atoms with Crippen LogP contribution in [0.1, 0.15) is 5.69 Å². The Bertz CT molecular complexity index is 517. The molecule has 0 aliphatic heterocycles. The fraction of sp³-hybridized carbons (Fsp3) is 0.0909. The summed E-state index contributed by atoms with van der Waals surface area (Å²) >= 11 is 19.1. The Morgan fingerprint density at radius 2 is 1.88 bits per heavy atom. The Morgan fingerprint density at radius 3 is 2.59 bits per heavy atom. The van der Waals surface area contributed by atoms with Crippen molar-refractivity contribution in [2.75, 3.05) is 0 Å². The maximum atomic E-state index is 6.01. The summed E-state index contributed by atoms with van der Waals surface area (Å²) in [6.07, 6.45) is 1.61. The molecule has 88 valence electrons. The first-order chi connectivity index (χ1) is 8.15. The molecule has 0 spiro atoms. The van der Waals surface area contributed by atoms with Crippen LogP contribution < -0.4 is 0 Å². The van der Waals surface area contributed by atoms with Gasteiger partial charge >= 0.3 is 0 Å². The van der Waals surface area contributed by atoms with Gasteiger partial charge in [0.25, 0.3) is 0 Å². The van der Waals surface area contributed by atoms with Crippen molar-refractivity contribution in [2.45, 2.75) is 10.8 Å². The summed E-state index contributed by atoms with van der Waals surface area (Å²) in [6, 6.07) is 7.05. The van der Waals surface area contributed by atoms with Crippen LogP contribution in [0.4, 0.5) is 0 Å². The van der Waals surface area contributed by atoms with Crippen molar-refractivity contribution in [1.82, 2.24) is 9.97 Å². The first kappa shape index (κ1) is 13.0. The van der Waals surface area contributed by atoms with Gasteiger partial charge < -0.3 is 0 Å². The van der Waals surface area contributed by atoms with E-state index in [0.717, 1.165) is 10.7 Å². The molecule has 0 aliphatic carbocycles. The summed E-state index contributed by atoms with van der Waals surface area (Å²) in [5.41, 5.74) is 0.751. The molecule has 2 aromatic rings. The van der Waals surface area contributed by atoms with Crippen molar-refractivity contribution >= 4 is 46.6 Å². The lowest BCUT2D eigenvalue weighted by atomic mass is 10.4. The molecule has 6 heteroatoms. The van der Waals surface area contributed by atoms with Gasteiger partial charge in [0.15, 0.2) is 0 Å². The molecule has 0 radical (unpaired) electrons. The van der Waals surface area contributed by atoms with Crippen molar-refractivity contribution in [3.8, 4) is 0 Å². The zero-order chi connectivity index (χ0) is 12.3. The molecule has 0 atom stereocenters. The molecule has 0 aliphatic rings. The molecule has 0 bridgehead atoms. The third-order valence-electron chi connectivity index (χ3n) is 1.94. The minimum absolute atomic E-state index is 0.439. The van der Waals surface area contributed by atoms with E-state index in [4.69, 9.17) is 34.8 Å². The van der Waals surface area contributed by atoms with Crippen molar-refractivity contribution < 1.29 is 0 Å². The second-order valence-electron chi connectivity index (χ2n) is 3.17. The molecule has 0 aromatic carbocycles. The van der Waals surface area contributed by atoms with E-state index >= 15 is 0 Å². The summed E-state index contributed by atoms with van der Waals surface area (Å²) < 4.78 is 0. The predicted molar refractivity (Wildman–Crippen MR) is 73.1 cm³/mol. The molecule has 17 heavy (non-hydrogen) atoms. The number of pyridine rings is 2. The van der Waals surface area contributed by atoms with Crippen LogP contribution in [-0.2, 0) is 5.75 Å². The van der Waals surface area contributed by atoms with Crippen LogP contribution in [0, 0.1) is 0 Å². The number of hydrogen-bond donors (Lipinski definition) is 0. The molecule has 0 fully saturated rings.